The van der Waals surface area contributed by atoms with Crippen LogP contribution in [0.3, 0.4) is 0 Å². The van der Waals surface area contributed by atoms with Gasteiger partial charge in [0.05, 0.1) is 11.3 Å². The number of benzene rings is 2. The molecule has 2 aromatic rings. The summed E-state index contributed by atoms with van der Waals surface area (Å²) < 4.78 is 26.3. The van der Waals surface area contributed by atoms with Crippen molar-refractivity contribution in [2.45, 2.75) is 38.3 Å². The van der Waals surface area contributed by atoms with Crippen molar-refractivity contribution >= 4 is 29.1 Å². The number of fused-ring (bicyclic) bond motifs is 3. The van der Waals surface area contributed by atoms with E-state index in [2.05, 4.69) is 5.32 Å². The molecule has 0 aliphatic carbocycles. The van der Waals surface area contributed by atoms with Crippen LogP contribution in [-0.4, -0.2) is 34.8 Å². The molecule has 0 spiro atoms. The third-order valence-corrected chi connectivity index (χ3v) is 5.73. The van der Waals surface area contributed by atoms with E-state index < -0.39 is 17.3 Å². The summed E-state index contributed by atoms with van der Waals surface area (Å²) in [6.45, 7) is 2.16. The second kappa shape index (κ2) is 7.51. The number of hydrogen-bond donors (Lipinski definition) is 1. The SMILES string of the molecule is CC12CCC(=O)N1c1ccccc1C(=O)N2CCCC(=O)Nc1ccc(F)c(F)c1. The molecule has 0 radical (unpaired) electrons. The molecule has 6 nitrogen and oxygen atoms in total. The molecule has 30 heavy (non-hydrogen) atoms. The Morgan fingerprint density at radius 1 is 1.13 bits per heavy atom. The van der Waals surface area contributed by atoms with Crippen LogP contribution in [0, 0.1) is 11.6 Å². The minimum absolute atomic E-state index is 0.0291. The summed E-state index contributed by atoms with van der Waals surface area (Å²) in [6, 6.07) is 10.2. The van der Waals surface area contributed by atoms with E-state index in [1.165, 1.54) is 6.07 Å². The first-order valence-corrected chi connectivity index (χ1v) is 9.80. The van der Waals surface area contributed by atoms with Crippen LogP contribution in [0.4, 0.5) is 20.2 Å². The van der Waals surface area contributed by atoms with Crippen LogP contribution in [0.5, 0.6) is 0 Å². The van der Waals surface area contributed by atoms with E-state index >= 15 is 0 Å². The first-order chi connectivity index (χ1) is 14.3. The van der Waals surface area contributed by atoms with Gasteiger partial charge >= 0.3 is 0 Å². The third-order valence-electron chi connectivity index (χ3n) is 5.73. The number of nitrogens with zero attached hydrogens (tertiary/aromatic N) is 2. The Morgan fingerprint density at radius 3 is 2.67 bits per heavy atom. The fourth-order valence-electron chi connectivity index (χ4n) is 4.24. The standard InChI is InChI=1S/C22H21F2N3O3/c1-22-11-10-20(29)27(22)18-6-3-2-5-15(18)21(30)26(22)12-4-7-19(28)25-14-8-9-16(23)17(24)13-14/h2-3,5-6,8-9,13H,4,7,10-12H2,1H3,(H,25,28). The lowest BCUT2D eigenvalue weighted by atomic mass is 9.98. The molecule has 1 saturated heterocycles. The molecule has 0 bridgehead atoms. The molecule has 2 aliphatic rings. The Kier molecular flexibility index (Phi) is 5.01. The fraction of sp³-hybridized carbons (Fsp3) is 0.318. The summed E-state index contributed by atoms with van der Waals surface area (Å²) in [4.78, 5) is 41.2. The lowest BCUT2D eigenvalue weighted by Gasteiger charge is -2.48. The molecule has 1 N–H and O–H groups in total. The van der Waals surface area contributed by atoms with Crippen molar-refractivity contribution in [2.24, 2.45) is 0 Å². The van der Waals surface area contributed by atoms with Gasteiger partial charge < -0.3 is 10.2 Å². The van der Waals surface area contributed by atoms with Crippen LogP contribution < -0.4 is 10.2 Å². The second-order valence-corrected chi connectivity index (χ2v) is 7.70. The highest BCUT2D eigenvalue weighted by atomic mass is 19.2. The monoisotopic (exact) mass is 413 g/mol. The summed E-state index contributed by atoms with van der Waals surface area (Å²) >= 11 is 0. The van der Waals surface area contributed by atoms with Crippen LogP contribution >= 0.6 is 0 Å². The minimum atomic E-state index is -1.04. The molecule has 4 rings (SSSR count). The Bertz CT molecular complexity index is 1040. The average Bonchev–Trinajstić information content (AvgIpc) is 3.03. The van der Waals surface area contributed by atoms with Crippen molar-refractivity contribution < 1.29 is 23.2 Å². The van der Waals surface area contributed by atoms with Crippen molar-refractivity contribution in [1.29, 1.82) is 0 Å². The van der Waals surface area contributed by atoms with Gasteiger partial charge in [-0.2, -0.15) is 0 Å². The molecule has 1 atom stereocenters. The molecule has 8 heteroatoms. The molecule has 2 heterocycles. The van der Waals surface area contributed by atoms with Crippen molar-refractivity contribution in [1.82, 2.24) is 4.90 Å². The summed E-state index contributed by atoms with van der Waals surface area (Å²) in [5.74, 6) is -2.58. The average molecular weight is 413 g/mol. The number of hydrogen-bond acceptors (Lipinski definition) is 3. The van der Waals surface area contributed by atoms with E-state index in [-0.39, 0.29) is 29.8 Å². The minimum Gasteiger partial charge on any atom is -0.326 e. The number of nitrogens with one attached hydrogen (secondary N) is 1. The van der Waals surface area contributed by atoms with E-state index in [1.54, 1.807) is 34.1 Å². The Labute approximate surface area is 172 Å². The highest BCUT2D eigenvalue weighted by molar-refractivity contribution is 6.10. The summed E-state index contributed by atoms with van der Waals surface area (Å²) in [5, 5.41) is 2.52. The van der Waals surface area contributed by atoms with Crippen molar-refractivity contribution in [2.75, 3.05) is 16.8 Å². The van der Waals surface area contributed by atoms with E-state index in [0.717, 1.165) is 12.1 Å². The number of rotatable bonds is 5. The maximum Gasteiger partial charge on any atom is 0.257 e. The number of anilines is 2. The Morgan fingerprint density at radius 2 is 1.90 bits per heavy atom. The summed E-state index contributed by atoms with van der Waals surface area (Å²) in [5.41, 5.74) is 0.497. The molecule has 0 aromatic heterocycles. The fourth-order valence-corrected chi connectivity index (χ4v) is 4.24. The van der Waals surface area contributed by atoms with Gasteiger partial charge in [0.1, 0.15) is 5.66 Å². The first kappa shape index (κ1) is 20.0. The zero-order valence-corrected chi connectivity index (χ0v) is 16.5. The molecular formula is C22H21F2N3O3. The maximum atomic E-state index is 13.3. The molecule has 2 aliphatic heterocycles. The van der Waals surface area contributed by atoms with Gasteiger partial charge in [-0.15, -0.1) is 0 Å². The van der Waals surface area contributed by atoms with Crippen LogP contribution in [0.2, 0.25) is 0 Å². The number of halogens is 2. The molecule has 1 fully saturated rings. The van der Waals surface area contributed by atoms with E-state index in [9.17, 15) is 23.2 Å². The maximum absolute atomic E-state index is 13.3. The topological polar surface area (TPSA) is 69.7 Å². The van der Waals surface area contributed by atoms with Crippen LogP contribution in [-0.2, 0) is 9.59 Å². The predicted molar refractivity (Wildman–Crippen MR) is 107 cm³/mol. The van der Waals surface area contributed by atoms with E-state index in [1.807, 2.05) is 6.92 Å². The third kappa shape index (κ3) is 3.32. The smallest absolute Gasteiger partial charge is 0.257 e. The van der Waals surface area contributed by atoms with Gasteiger partial charge in [0.15, 0.2) is 11.6 Å². The number of amides is 3. The van der Waals surface area contributed by atoms with Gasteiger partial charge in [0.2, 0.25) is 11.8 Å². The number of carbonyl (C=O) groups is 3. The second-order valence-electron chi connectivity index (χ2n) is 7.70. The van der Waals surface area contributed by atoms with E-state index in [4.69, 9.17) is 0 Å². The molecule has 156 valence electrons. The largest absolute Gasteiger partial charge is 0.326 e. The van der Waals surface area contributed by atoms with Crippen molar-refractivity contribution in [3.8, 4) is 0 Å². The molecular weight excluding hydrogens is 392 g/mol. The van der Waals surface area contributed by atoms with Gasteiger partial charge in [-0.1, -0.05) is 12.1 Å². The Hall–Kier alpha value is -3.29. The van der Waals surface area contributed by atoms with Crippen LogP contribution in [0.1, 0.15) is 43.0 Å². The van der Waals surface area contributed by atoms with Crippen LogP contribution in [0.25, 0.3) is 0 Å². The predicted octanol–water partition coefficient (Wildman–Crippen LogP) is 3.68. The Balaban J connectivity index is 1.45. The molecule has 3 amide bonds. The number of para-hydroxylation sites is 1. The quantitative estimate of drug-likeness (QED) is 0.813. The first-order valence-electron chi connectivity index (χ1n) is 9.80. The van der Waals surface area contributed by atoms with Gasteiger partial charge in [0.25, 0.3) is 5.91 Å². The van der Waals surface area contributed by atoms with Crippen LogP contribution in [0.15, 0.2) is 42.5 Å². The lowest BCUT2D eigenvalue weighted by Crippen LogP contribution is -2.62. The van der Waals surface area contributed by atoms with Gasteiger partial charge in [-0.3, -0.25) is 19.3 Å². The van der Waals surface area contributed by atoms with Gasteiger partial charge in [-0.05, 0) is 44.0 Å². The highest BCUT2D eigenvalue weighted by Gasteiger charge is 2.52. The lowest BCUT2D eigenvalue weighted by molar-refractivity contribution is -0.118. The molecule has 1 unspecified atom stereocenters. The van der Waals surface area contributed by atoms with Crippen molar-refractivity contribution in [3.63, 3.8) is 0 Å². The summed E-state index contributed by atoms with van der Waals surface area (Å²) in [7, 11) is 0. The van der Waals surface area contributed by atoms with Gasteiger partial charge in [0, 0.05) is 31.1 Å². The zero-order valence-electron chi connectivity index (χ0n) is 16.5. The normalized spacial score (nSPS) is 20.2. The van der Waals surface area contributed by atoms with Gasteiger partial charge in [-0.25, -0.2) is 8.78 Å². The van der Waals surface area contributed by atoms with Crippen molar-refractivity contribution in [3.05, 3.63) is 59.7 Å². The molecule has 0 saturated carbocycles. The summed E-state index contributed by atoms with van der Waals surface area (Å²) in [6.07, 6.45) is 1.33. The zero-order chi connectivity index (χ0) is 21.5. The molecule has 2 aromatic carbocycles. The van der Waals surface area contributed by atoms with E-state index in [0.29, 0.717) is 37.1 Å². The highest BCUT2D eigenvalue weighted by Crippen LogP contribution is 2.44. The number of carbonyl (C=O) groups excluding carboxylic acids is 3.